The zero-order valence-corrected chi connectivity index (χ0v) is 22.3. The van der Waals surface area contributed by atoms with E-state index in [2.05, 4.69) is 81.0 Å². The molecule has 7 heteroatoms. The third kappa shape index (κ3) is 7.30. The summed E-state index contributed by atoms with van der Waals surface area (Å²) < 4.78 is 0. The number of hydrogen-bond donors (Lipinski definition) is 1. The summed E-state index contributed by atoms with van der Waals surface area (Å²) >= 11 is 0. The van der Waals surface area contributed by atoms with E-state index in [0.29, 0.717) is 12.1 Å². The summed E-state index contributed by atoms with van der Waals surface area (Å²) in [7, 11) is 1.91. The van der Waals surface area contributed by atoms with Crippen molar-refractivity contribution in [2.45, 2.75) is 39.3 Å². The number of hydrogen-bond acceptors (Lipinski definition) is 4. The minimum Gasteiger partial charge on any atom is -0.355 e. The average molecular weight is 543 g/mol. The number of aliphatic imine (C=N–C) groups is 1. The summed E-state index contributed by atoms with van der Waals surface area (Å²) in [6, 6.07) is 12.0. The van der Waals surface area contributed by atoms with Crippen molar-refractivity contribution < 1.29 is 0 Å². The fourth-order valence-electron chi connectivity index (χ4n) is 4.85. The van der Waals surface area contributed by atoms with E-state index in [1.165, 1.54) is 38.3 Å². The molecule has 3 rings (SSSR count). The number of nitrogens with one attached hydrogen (secondary N) is 1. The van der Waals surface area contributed by atoms with Gasteiger partial charge in [0.2, 0.25) is 0 Å². The zero-order chi connectivity index (χ0) is 21.3. The predicted octanol–water partition coefficient (Wildman–Crippen LogP) is 2.97. The van der Waals surface area contributed by atoms with Crippen LogP contribution in [0.3, 0.4) is 0 Å². The van der Waals surface area contributed by atoms with Crippen LogP contribution >= 0.6 is 24.0 Å². The Morgan fingerprint density at radius 2 is 1.55 bits per heavy atom. The van der Waals surface area contributed by atoms with Gasteiger partial charge in [0.15, 0.2) is 5.96 Å². The Bertz CT molecular complexity index is 639. The molecule has 0 radical (unpaired) electrons. The molecule has 31 heavy (non-hydrogen) atoms. The van der Waals surface area contributed by atoms with Gasteiger partial charge in [0.05, 0.1) is 0 Å². The minimum atomic E-state index is 0. The predicted molar refractivity (Wildman–Crippen MR) is 143 cm³/mol. The molecular formula is C24H43IN6. The largest absolute Gasteiger partial charge is 0.355 e. The van der Waals surface area contributed by atoms with Crippen LogP contribution < -0.4 is 5.32 Å². The number of nitrogens with zero attached hydrogens (tertiary/aromatic N) is 5. The van der Waals surface area contributed by atoms with Crippen LogP contribution in [0.2, 0.25) is 0 Å². The van der Waals surface area contributed by atoms with Gasteiger partial charge in [0, 0.05) is 78.0 Å². The van der Waals surface area contributed by atoms with Crippen molar-refractivity contribution in [1.29, 1.82) is 0 Å². The van der Waals surface area contributed by atoms with E-state index >= 15 is 0 Å². The van der Waals surface area contributed by atoms with E-state index in [9.17, 15) is 0 Å². The average Bonchev–Trinajstić information content (AvgIpc) is 2.81. The molecule has 6 nitrogen and oxygen atoms in total. The summed E-state index contributed by atoms with van der Waals surface area (Å²) in [6.45, 7) is 18.0. The van der Waals surface area contributed by atoms with Crippen LogP contribution in [0.1, 0.15) is 38.8 Å². The quantitative estimate of drug-likeness (QED) is 0.326. The van der Waals surface area contributed by atoms with Crippen molar-refractivity contribution in [3.05, 3.63) is 35.9 Å². The molecule has 2 fully saturated rings. The number of rotatable bonds is 7. The first-order valence-corrected chi connectivity index (χ1v) is 11.9. The molecular weight excluding hydrogens is 499 g/mol. The van der Waals surface area contributed by atoms with Gasteiger partial charge in [-0.05, 0) is 25.5 Å². The maximum Gasteiger partial charge on any atom is 0.193 e. The molecule has 0 spiro atoms. The third-order valence-corrected chi connectivity index (χ3v) is 6.87. The molecule has 1 N–H and O–H groups in total. The Morgan fingerprint density at radius 1 is 0.935 bits per heavy atom. The van der Waals surface area contributed by atoms with E-state index in [1.54, 1.807) is 0 Å². The second-order valence-electron chi connectivity index (χ2n) is 8.61. The van der Waals surface area contributed by atoms with Crippen molar-refractivity contribution in [2.75, 3.05) is 72.5 Å². The first-order chi connectivity index (χ1) is 14.7. The minimum absolute atomic E-state index is 0. The smallest absolute Gasteiger partial charge is 0.193 e. The molecule has 2 atom stereocenters. The second-order valence-corrected chi connectivity index (χ2v) is 8.61. The van der Waals surface area contributed by atoms with Crippen LogP contribution in [-0.4, -0.2) is 104 Å². The Morgan fingerprint density at radius 3 is 2.10 bits per heavy atom. The van der Waals surface area contributed by atoms with Crippen molar-refractivity contribution in [2.24, 2.45) is 4.99 Å². The lowest BCUT2D eigenvalue weighted by Gasteiger charge is -2.41. The number of halogens is 1. The summed E-state index contributed by atoms with van der Waals surface area (Å²) in [5.41, 5.74) is 1.44. The van der Waals surface area contributed by atoms with Gasteiger partial charge in [-0.15, -0.1) is 24.0 Å². The number of likely N-dealkylation sites (N-methyl/N-ethyl adjacent to an activating group) is 1. The highest BCUT2D eigenvalue weighted by Crippen LogP contribution is 2.25. The van der Waals surface area contributed by atoms with Crippen LogP contribution in [0.5, 0.6) is 0 Å². The fourth-order valence-corrected chi connectivity index (χ4v) is 4.85. The lowest BCUT2D eigenvalue weighted by Crippen LogP contribution is -2.56. The topological polar surface area (TPSA) is 37.4 Å². The molecule has 176 valence electrons. The molecule has 1 aromatic rings. The Labute approximate surface area is 207 Å². The third-order valence-electron chi connectivity index (χ3n) is 6.87. The fraction of sp³-hybridized carbons (Fsp3) is 0.708. The molecule has 0 amide bonds. The molecule has 1 aromatic carbocycles. The standard InChI is InChI=1S/C24H42N6.HI/c1-5-23(22-10-8-7-9-11-22)29-16-18-30(19-17-29)24(25-4)26-20-21(3)28-14-12-27(6-2)13-15-28;/h7-11,21,23H,5-6,12-20H2,1-4H3,(H,25,26);1H. The molecule has 2 unspecified atom stereocenters. The van der Waals surface area contributed by atoms with Crippen molar-refractivity contribution in [3.63, 3.8) is 0 Å². The Hall–Kier alpha value is -0.900. The molecule has 0 aliphatic carbocycles. The molecule has 2 heterocycles. The molecule has 2 aliphatic rings. The first kappa shape index (κ1) is 26.4. The van der Waals surface area contributed by atoms with Crippen LogP contribution in [-0.2, 0) is 0 Å². The van der Waals surface area contributed by atoms with Crippen molar-refractivity contribution in [3.8, 4) is 0 Å². The number of guanidine groups is 1. The number of piperazine rings is 2. The van der Waals surface area contributed by atoms with Crippen LogP contribution in [0.15, 0.2) is 35.3 Å². The van der Waals surface area contributed by atoms with Gasteiger partial charge in [-0.2, -0.15) is 0 Å². The summed E-state index contributed by atoms with van der Waals surface area (Å²) in [6.07, 6.45) is 1.15. The van der Waals surface area contributed by atoms with Crippen molar-refractivity contribution in [1.82, 2.24) is 24.9 Å². The van der Waals surface area contributed by atoms with Crippen LogP contribution in [0, 0.1) is 0 Å². The van der Waals surface area contributed by atoms with Gasteiger partial charge < -0.3 is 15.1 Å². The van der Waals surface area contributed by atoms with Crippen LogP contribution in [0.25, 0.3) is 0 Å². The highest BCUT2D eigenvalue weighted by Gasteiger charge is 2.26. The Kier molecular flexibility index (Phi) is 11.6. The molecule has 0 saturated carbocycles. The first-order valence-electron chi connectivity index (χ1n) is 11.9. The van der Waals surface area contributed by atoms with Crippen molar-refractivity contribution >= 4 is 29.9 Å². The molecule has 2 aliphatic heterocycles. The van der Waals surface area contributed by atoms with Gasteiger partial charge >= 0.3 is 0 Å². The van der Waals surface area contributed by atoms with Gasteiger partial charge in [-0.3, -0.25) is 14.8 Å². The maximum atomic E-state index is 4.59. The van der Waals surface area contributed by atoms with E-state index < -0.39 is 0 Å². The van der Waals surface area contributed by atoms with E-state index in [-0.39, 0.29) is 24.0 Å². The normalized spacial score (nSPS) is 21.4. The second kappa shape index (κ2) is 13.6. The van der Waals surface area contributed by atoms with Gasteiger partial charge in [0.1, 0.15) is 0 Å². The molecule has 0 aromatic heterocycles. The van der Waals surface area contributed by atoms with Crippen LogP contribution in [0.4, 0.5) is 0 Å². The maximum absolute atomic E-state index is 4.59. The Balaban J connectivity index is 0.00000341. The zero-order valence-electron chi connectivity index (χ0n) is 20.0. The number of benzene rings is 1. The van der Waals surface area contributed by atoms with Gasteiger partial charge in [-0.25, -0.2) is 0 Å². The highest BCUT2D eigenvalue weighted by atomic mass is 127. The lowest BCUT2D eigenvalue weighted by atomic mass is 10.0. The van der Waals surface area contributed by atoms with E-state index in [1.807, 2.05) is 7.05 Å². The van der Waals surface area contributed by atoms with Gasteiger partial charge in [0.25, 0.3) is 0 Å². The van der Waals surface area contributed by atoms with Gasteiger partial charge in [-0.1, -0.05) is 44.2 Å². The molecule has 2 saturated heterocycles. The van der Waals surface area contributed by atoms with E-state index in [0.717, 1.165) is 45.1 Å². The highest BCUT2D eigenvalue weighted by molar-refractivity contribution is 14.0. The summed E-state index contributed by atoms with van der Waals surface area (Å²) in [5.74, 6) is 1.06. The summed E-state index contributed by atoms with van der Waals surface area (Å²) in [4.78, 5) is 14.8. The monoisotopic (exact) mass is 542 g/mol. The SMILES string of the molecule is CCC(c1ccccc1)N1CCN(C(=NC)NCC(C)N2CCN(CC)CC2)CC1.I. The lowest BCUT2D eigenvalue weighted by molar-refractivity contribution is 0.105. The summed E-state index contributed by atoms with van der Waals surface area (Å²) in [5, 5.41) is 3.65. The van der Waals surface area contributed by atoms with E-state index in [4.69, 9.17) is 0 Å². The molecule has 0 bridgehead atoms.